The Kier molecular flexibility index (Phi) is 5.71. The summed E-state index contributed by atoms with van der Waals surface area (Å²) in [6.07, 6.45) is 5.06. The molecule has 0 saturated heterocycles. The van der Waals surface area contributed by atoms with Crippen LogP contribution in [0.2, 0.25) is 5.02 Å². The van der Waals surface area contributed by atoms with E-state index in [1.807, 2.05) is 6.07 Å². The molecular formula is C17H18ClFN2O2. The molecule has 122 valence electrons. The normalized spacial score (nSPS) is 12.3. The van der Waals surface area contributed by atoms with Crippen LogP contribution in [0.5, 0.6) is 0 Å². The van der Waals surface area contributed by atoms with Crippen LogP contribution in [0.15, 0.2) is 42.7 Å². The highest BCUT2D eigenvalue weighted by molar-refractivity contribution is 6.30. The van der Waals surface area contributed by atoms with Crippen molar-refractivity contribution in [2.24, 2.45) is 0 Å². The van der Waals surface area contributed by atoms with Crippen molar-refractivity contribution < 1.29 is 14.0 Å². The molecular weight excluding hydrogens is 319 g/mol. The maximum Gasteiger partial charge on any atom is 0.187 e. The van der Waals surface area contributed by atoms with Crippen LogP contribution in [0.1, 0.15) is 25.0 Å². The fraction of sp³-hybridized carbons (Fsp3) is 0.235. The predicted molar refractivity (Wildman–Crippen MR) is 88.8 cm³/mol. The zero-order valence-corrected chi connectivity index (χ0v) is 13.9. The molecule has 0 saturated carbocycles. The first-order chi connectivity index (χ1) is 10.9. The molecule has 2 rings (SSSR count). The lowest BCUT2D eigenvalue weighted by Crippen LogP contribution is -2.33. The van der Waals surface area contributed by atoms with Crippen molar-refractivity contribution in [3.05, 3.63) is 64.7 Å². The highest BCUT2D eigenvalue weighted by Crippen LogP contribution is 2.23. The first-order valence-electron chi connectivity index (χ1n) is 6.97. The van der Waals surface area contributed by atoms with Crippen LogP contribution >= 0.6 is 11.6 Å². The number of nitrogens with one attached hydrogen (secondary N) is 1. The minimum Gasteiger partial charge on any atom is -0.352 e. The summed E-state index contributed by atoms with van der Waals surface area (Å²) in [6, 6.07) is 8.08. The number of benzene rings is 1. The zero-order valence-electron chi connectivity index (χ0n) is 13.1. The van der Waals surface area contributed by atoms with Gasteiger partial charge < -0.3 is 4.74 Å². The average molecular weight is 337 g/mol. The van der Waals surface area contributed by atoms with Gasteiger partial charge in [-0.3, -0.25) is 10.5 Å². The molecule has 0 atom stereocenters. The molecule has 4 nitrogen and oxygen atoms in total. The molecule has 0 aliphatic carbocycles. The second kappa shape index (κ2) is 7.55. The Hall–Kier alpha value is -1.95. The summed E-state index contributed by atoms with van der Waals surface area (Å²) in [5.74, 6) is -1.34. The summed E-state index contributed by atoms with van der Waals surface area (Å²) in [7, 11) is 1.52. The Balaban J connectivity index is 2.37. The van der Waals surface area contributed by atoms with Gasteiger partial charge in [-0.1, -0.05) is 17.7 Å². The van der Waals surface area contributed by atoms with Gasteiger partial charge in [0.15, 0.2) is 5.79 Å². The van der Waals surface area contributed by atoms with Gasteiger partial charge in [-0.25, -0.2) is 9.23 Å². The van der Waals surface area contributed by atoms with E-state index >= 15 is 0 Å². The van der Waals surface area contributed by atoms with E-state index in [1.165, 1.54) is 13.2 Å². The summed E-state index contributed by atoms with van der Waals surface area (Å²) in [6.45, 7) is 3.47. The first-order valence-corrected chi connectivity index (χ1v) is 7.35. The third kappa shape index (κ3) is 5.03. The van der Waals surface area contributed by atoms with E-state index in [1.54, 1.807) is 50.5 Å². The molecule has 0 aliphatic heterocycles. The molecule has 0 amide bonds. The average Bonchev–Trinajstić information content (AvgIpc) is 2.53. The lowest BCUT2D eigenvalue weighted by molar-refractivity contribution is -0.220. The third-order valence-corrected chi connectivity index (χ3v) is 3.35. The van der Waals surface area contributed by atoms with Crippen LogP contribution in [-0.2, 0) is 9.57 Å². The number of aromatic nitrogens is 1. The van der Waals surface area contributed by atoms with Gasteiger partial charge >= 0.3 is 0 Å². The van der Waals surface area contributed by atoms with E-state index in [2.05, 4.69) is 10.5 Å². The Bertz CT molecular complexity index is 690. The van der Waals surface area contributed by atoms with Gasteiger partial charge in [-0.05, 0) is 49.8 Å². The van der Waals surface area contributed by atoms with Crippen LogP contribution in [0, 0.1) is 5.82 Å². The largest absolute Gasteiger partial charge is 0.352 e. The van der Waals surface area contributed by atoms with Crippen LogP contribution in [0.4, 0.5) is 4.39 Å². The predicted octanol–water partition coefficient (Wildman–Crippen LogP) is 4.28. The van der Waals surface area contributed by atoms with Crippen molar-refractivity contribution in [2.75, 3.05) is 7.11 Å². The van der Waals surface area contributed by atoms with Gasteiger partial charge in [-0.2, -0.15) is 0 Å². The highest BCUT2D eigenvalue weighted by Gasteiger charge is 2.19. The molecule has 0 aliphatic rings. The number of hydrogen-bond acceptors (Lipinski definition) is 4. The number of rotatable bonds is 6. The molecule has 1 heterocycles. The fourth-order valence-corrected chi connectivity index (χ4v) is 1.88. The molecule has 2 aromatic rings. The molecule has 1 aromatic carbocycles. The summed E-state index contributed by atoms with van der Waals surface area (Å²) in [5, 5.41) is 0.324. The van der Waals surface area contributed by atoms with Crippen LogP contribution in [0.25, 0.3) is 11.8 Å². The van der Waals surface area contributed by atoms with Crippen molar-refractivity contribution in [2.45, 2.75) is 19.6 Å². The van der Waals surface area contributed by atoms with E-state index in [9.17, 15) is 4.39 Å². The smallest absolute Gasteiger partial charge is 0.187 e. The van der Waals surface area contributed by atoms with Gasteiger partial charge in [0.25, 0.3) is 0 Å². The van der Waals surface area contributed by atoms with Gasteiger partial charge in [0.05, 0.1) is 5.70 Å². The SMILES string of the molecule is COC(C)(C)ONC(=Cc1cccnc1)c1ccc(Cl)cc1F. The monoisotopic (exact) mass is 336 g/mol. The van der Waals surface area contributed by atoms with Gasteiger partial charge in [0.1, 0.15) is 5.82 Å². The van der Waals surface area contributed by atoms with Crippen LogP contribution < -0.4 is 5.48 Å². The Morgan fingerprint density at radius 3 is 2.74 bits per heavy atom. The Labute approximate surface area is 139 Å². The van der Waals surface area contributed by atoms with Gasteiger partial charge in [0.2, 0.25) is 0 Å². The number of halogens is 2. The lowest BCUT2D eigenvalue weighted by Gasteiger charge is -2.24. The van der Waals surface area contributed by atoms with Crippen molar-refractivity contribution in [1.29, 1.82) is 0 Å². The van der Waals surface area contributed by atoms with E-state index < -0.39 is 11.6 Å². The fourth-order valence-electron chi connectivity index (χ4n) is 1.72. The minimum atomic E-state index is -0.878. The standard InChI is InChI=1S/C17H18ClFN2O2/c1-17(2,22-3)23-21-16(9-12-5-4-8-20-11-12)14-7-6-13(18)10-15(14)19/h4-11,21H,1-3H3. The molecule has 1 N–H and O–H groups in total. The number of pyridine rings is 1. The molecule has 0 fully saturated rings. The number of methoxy groups -OCH3 is 1. The minimum absolute atomic E-state index is 0.324. The van der Waals surface area contributed by atoms with Crippen molar-refractivity contribution in [1.82, 2.24) is 10.5 Å². The quantitative estimate of drug-likeness (QED) is 0.631. The number of ether oxygens (including phenoxy) is 1. The maximum absolute atomic E-state index is 14.2. The summed E-state index contributed by atoms with van der Waals surface area (Å²) in [5.41, 5.74) is 4.31. The maximum atomic E-state index is 14.2. The second-order valence-corrected chi connectivity index (χ2v) is 5.71. The topological polar surface area (TPSA) is 43.4 Å². The molecule has 23 heavy (non-hydrogen) atoms. The van der Waals surface area contributed by atoms with E-state index in [-0.39, 0.29) is 0 Å². The molecule has 0 bridgehead atoms. The Morgan fingerprint density at radius 1 is 1.35 bits per heavy atom. The molecule has 0 unspecified atom stereocenters. The lowest BCUT2D eigenvalue weighted by atomic mass is 10.1. The van der Waals surface area contributed by atoms with Gasteiger partial charge in [-0.15, -0.1) is 0 Å². The summed E-state index contributed by atoms with van der Waals surface area (Å²) < 4.78 is 19.4. The van der Waals surface area contributed by atoms with Crippen LogP contribution in [-0.4, -0.2) is 17.9 Å². The summed E-state index contributed by atoms with van der Waals surface area (Å²) >= 11 is 5.81. The number of nitrogens with zero attached hydrogens (tertiary/aromatic N) is 1. The Morgan fingerprint density at radius 2 is 2.13 bits per heavy atom. The molecule has 1 aromatic heterocycles. The molecule has 0 radical (unpaired) electrons. The molecule has 6 heteroatoms. The van der Waals surface area contributed by atoms with Crippen molar-refractivity contribution >= 4 is 23.4 Å². The zero-order chi connectivity index (χ0) is 16.9. The number of hydrogen-bond donors (Lipinski definition) is 1. The van der Waals surface area contributed by atoms with Crippen molar-refractivity contribution in [3.8, 4) is 0 Å². The summed E-state index contributed by atoms with van der Waals surface area (Å²) in [4.78, 5) is 9.53. The third-order valence-electron chi connectivity index (χ3n) is 3.12. The van der Waals surface area contributed by atoms with Crippen LogP contribution in [0.3, 0.4) is 0 Å². The van der Waals surface area contributed by atoms with Crippen molar-refractivity contribution in [3.63, 3.8) is 0 Å². The van der Waals surface area contributed by atoms with E-state index in [0.717, 1.165) is 5.56 Å². The highest BCUT2D eigenvalue weighted by atomic mass is 35.5. The first kappa shape index (κ1) is 17.4. The van der Waals surface area contributed by atoms with E-state index in [4.69, 9.17) is 21.2 Å². The number of hydroxylamine groups is 1. The molecule has 0 spiro atoms. The van der Waals surface area contributed by atoms with Gasteiger partial charge in [0, 0.05) is 30.1 Å². The second-order valence-electron chi connectivity index (χ2n) is 5.28. The van der Waals surface area contributed by atoms with E-state index in [0.29, 0.717) is 16.3 Å².